The second-order valence-corrected chi connectivity index (χ2v) is 13.3. The van der Waals surface area contributed by atoms with Crippen LogP contribution in [0.5, 0.6) is 0 Å². The van der Waals surface area contributed by atoms with Crippen molar-refractivity contribution >= 4 is 7.92 Å². The highest BCUT2D eigenvalue weighted by molar-refractivity contribution is 7.57. The average Bonchev–Trinajstić information content (AvgIpc) is 2.85. The van der Waals surface area contributed by atoms with Gasteiger partial charge in [0.25, 0.3) is 0 Å². The van der Waals surface area contributed by atoms with Gasteiger partial charge in [0.15, 0.2) is 0 Å². The molecule has 0 aromatic rings. The van der Waals surface area contributed by atoms with E-state index in [0.717, 1.165) is 6.42 Å². The Morgan fingerprint density at radius 2 is 0.559 bits per heavy atom. The van der Waals surface area contributed by atoms with E-state index in [2.05, 4.69) is 27.7 Å². The molecule has 0 aliphatic rings. The van der Waals surface area contributed by atoms with Crippen molar-refractivity contribution in [3.05, 3.63) is 0 Å². The Morgan fingerprint density at radius 3 is 0.824 bits per heavy atom. The first-order chi connectivity index (χ1) is 16.8. The highest BCUT2D eigenvalue weighted by Crippen LogP contribution is 2.39. The SMILES string of the molecule is CCCCCCCCO.CCCCCCCCP(CCCCCCCC)CCCCCCCC. The first-order valence-electron chi connectivity index (χ1n) is 16.1. The van der Waals surface area contributed by atoms with Crippen LogP contribution in [0, 0.1) is 0 Å². The van der Waals surface area contributed by atoms with Crippen molar-refractivity contribution < 1.29 is 5.11 Å². The summed E-state index contributed by atoms with van der Waals surface area (Å²) >= 11 is 0. The summed E-state index contributed by atoms with van der Waals surface area (Å²) in [6.07, 6.45) is 38.7. The molecule has 1 N–H and O–H groups in total. The summed E-state index contributed by atoms with van der Waals surface area (Å²) in [5, 5.41) is 8.42. The maximum absolute atomic E-state index is 8.42. The van der Waals surface area contributed by atoms with Crippen LogP contribution in [0.2, 0.25) is 0 Å². The molecule has 0 saturated heterocycles. The fourth-order valence-electron chi connectivity index (χ4n) is 4.57. The minimum atomic E-state index is 0.366. The van der Waals surface area contributed by atoms with Gasteiger partial charge >= 0.3 is 0 Å². The van der Waals surface area contributed by atoms with Crippen molar-refractivity contribution in [2.75, 3.05) is 25.1 Å². The summed E-state index contributed by atoms with van der Waals surface area (Å²) in [6.45, 7) is 9.54. The van der Waals surface area contributed by atoms with E-state index in [4.69, 9.17) is 5.11 Å². The summed E-state index contributed by atoms with van der Waals surface area (Å²) in [5.41, 5.74) is 0. The molecule has 0 aromatic heterocycles. The van der Waals surface area contributed by atoms with E-state index in [0.29, 0.717) is 14.5 Å². The second kappa shape index (κ2) is 35.6. The molecule has 1 nitrogen and oxygen atoms in total. The highest BCUT2D eigenvalue weighted by Gasteiger charge is 2.07. The Balaban J connectivity index is 0. The highest BCUT2D eigenvalue weighted by atomic mass is 31.1. The fraction of sp³-hybridized carbons (Fsp3) is 1.00. The molecular weight excluding hydrogens is 431 g/mol. The molecule has 0 aromatic carbocycles. The van der Waals surface area contributed by atoms with Crippen molar-refractivity contribution in [1.29, 1.82) is 0 Å². The van der Waals surface area contributed by atoms with Crippen LogP contribution in [-0.2, 0) is 0 Å². The Labute approximate surface area is 219 Å². The van der Waals surface area contributed by atoms with E-state index in [1.165, 1.54) is 148 Å². The van der Waals surface area contributed by atoms with E-state index in [1.54, 1.807) is 18.5 Å². The first-order valence-corrected chi connectivity index (χ1v) is 18.0. The quantitative estimate of drug-likeness (QED) is 0.0878. The zero-order valence-corrected chi connectivity index (χ0v) is 25.6. The maximum Gasteiger partial charge on any atom is 0.0431 e. The van der Waals surface area contributed by atoms with Gasteiger partial charge in [-0.2, -0.15) is 0 Å². The molecule has 0 unspecified atom stereocenters. The molecule has 0 aliphatic heterocycles. The molecule has 208 valence electrons. The number of rotatable bonds is 27. The lowest BCUT2D eigenvalue weighted by Gasteiger charge is -2.18. The molecule has 0 atom stereocenters. The Kier molecular flexibility index (Phi) is 38.2. The van der Waals surface area contributed by atoms with E-state index < -0.39 is 0 Å². The van der Waals surface area contributed by atoms with E-state index >= 15 is 0 Å². The van der Waals surface area contributed by atoms with Crippen LogP contribution in [-0.4, -0.2) is 30.2 Å². The number of hydrogen-bond donors (Lipinski definition) is 1. The van der Waals surface area contributed by atoms with Gasteiger partial charge in [0, 0.05) is 6.61 Å². The van der Waals surface area contributed by atoms with Crippen molar-refractivity contribution in [3.8, 4) is 0 Å². The van der Waals surface area contributed by atoms with Crippen LogP contribution in [0.4, 0.5) is 0 Å². The van der Waals surface area contributed by atoms with Crippen molar-refractivity contribution in [2.45, 2.75) is 182 Å². The molecule has 0 fully saturated rings. The summed E-state index contributed by atoms with van der Waals surface area (Å²) in [5.74, 6) is 0. The topological polar surface area (TPSA) is 20.2 Å². The normalized spacial score (nSPS) is 11.1. The smallest absolute Gasteiger partial charge is 0.0431 e. The molecule has 2 heteroatoms. The maximum atomic E-state index is 8.42. The van der Waals surface area contributed by atoms with Gasteiger partial charge in [-0.15, -0.1) is 7.92 Å². The minimum absolute atomic E-state index is 0.366. The summed E-state index contributed by atoms with van der Waals surface area (Å²) in [4.78, 5) is 0. The van der Waals surface area contributed by atoms with Crippen molar-refractivity contribution in [1.82, 2.24) is 0 Å². The molecule has 0 amide bonds. The molecule has 0 aliphatic carbocycles. The summed E-state index contributed by atoms with van der Waals surface area (Å²) in [6, 6.07) is 0. The largest absolute Gasteiger partial charge is 0.396 e. The fourth-order valence-corrected chi connectivity index (χ4v) is 7.26. The number of aliphatic hydroxyl groups is 1. The second-order valence-electron chi connectivity index (χ2n) is 10.6. The van der Waals surface area contributed by atoms with Crippen molar-refractivity contribution in [3.63, 3.8) is 0 Å². The molecule has 0 rings (SSSR count). The van der Waals surface area contributed by atoms with Crippen LogP contribution in [0.25, 0.3) is 0 Å². The lowest BCUT2D eigenvalue weighted by atomic mass is 10.1. The van der Waals surface area contributed by atoms with Gasteiger partial charge in [0.05, 0.1) is 0 Å². The third-order valence-electron chi connectivity index (χ3n) is 7.00. The molecule has 0 bridgehead atoms. The third kappa shape index (κ3) is 34.6. The first kappa shape index (κ1) is 36.5. The Bertz CT molecular complexity index is 276. The Morgan fingerprint density at radius 1 is 0.324 bits per heavy atom. The molecule has 0 heterocycles. The molecule has 34 heavy (non-hydrogen) atoms. The van der Waals surface area contributed by atoms with Gasteiger partial charge in [-0.25, -0.2) is 0 Å². The van der Waals surface area contributed by atoms with Crippen LogP contribution in [0.3, 0.4) is 0 Å². The zero-order chi connectivity index (χ0) is 25.4. The van der Waals surface area contributed by atoms with E-state index in [-0.39, 0.29) is 0 Å². The predicted molar refractivity (Wildman–Crippen MR) is 162 cm³/mol. The third-order valence-corrected chi connectivity index (χ3v) is 9.84. The van der Waals surface area contributed by atoms with Crippen molar-refractivity contribution in [2.24, 2.45) is 0 Å². The van der Waals surface area contributed by atoms with Crippen LogP contribution in [0.1, 0.15) is 182 Å². The summed E-state index contributed by atoms with van der Waals surface area (Å²) in [7, 11) is 0.366. The predicted octanol–water partition coefficient (Wildman–Crippen LogP) is 11.9. The van der Waals surface area contributed by atoms with Crippen LogP contribution >= 0.6 is 7.92 Å². The minimum Gasteiger partial charge on any atom is -0.396 e. The van der Waals surface area contributed by atoms with E-state index in [9.17, 15) is 0 Å². The van der Waals surface area contributed by atoms with Gasteiger partial charge < -0.3 is 5.11 Å². The van der Waals surface area contributed by atoms with Gasteiger partial charge in [-0.1, -0.05) is 156 Å². The lowest BCUT2D eigenvalue weighted by molar-refractivity contribution is 0.282. The number of aliphatic hydroxyl groups excluding tert-OH is 1. The van der Waals surface area contributed by atoms with Gasteiger partial charge in [0.2, 0.25) is 0 Å². The van der Waals surface area contributed by atoms with Gasteiger partial charge in [0.1, 0.15) is 0 Å². The molecule has 0 saturated carbocycles. The Hall–Kier alpha value is 0.390. The number of unbranched alkanes of at least 4 members (excludes halogenated alkanes) is 20. The molecule has 0 spiro atoms. The number of hydrogen-bond acceptors (Lipinski definition) is 1. The zero-order valence-electron chi connectivity index (χ0n) is 24.7. The molecular formula is C32H69OP. The van der Waals surface area contributed by atoms with Crippen LogP contribution in [0.15, 0.2) is 0 Å². The van der Waals surface area contributed by atoms with Gasteiger partial charge in [-0.05, 0) is 44.2 Å². The molecule has 0 radical (unpaired) electrons. The standard InChI is InChI=1S/C24H51P.C8H18O/c1-4-7-10-13-16-19-22-25(23-20-17-14-11-8-5-2)24-21-18-15-12-9-6-3;1-2-3-4-5-6-7-8-9/h4-24H2,1-3H3;9H,2-8H2,1H3. The monoisotopic (exact) mass is 501 g/mol. The average molecular weight is 501 g/mol. The summed E-state index contributed by atoms with van der Waals surface area (Å²) < 4.78 is 0. The lowest BCUT2D eigenvalue weighted by Crippen LogP contribution is -1.97. The van der Waals surface area contributed by atoms with Gasteiger partial charge in [-0.3, -0.25) is 0 Å². The van der Waals surface area contributed by atoms with E-state index in [1.807, 2.05) is 0 Å². The van der Waals surface area contributed by atoms with Crippen LogP contribution < -0.4 is 0 Å².